The van der Waals surface area contributed by atoms with E-state index < -0.39 is 0 Å². The number of aliphatic imine (C=N–C) groups is 8. The van der Waals surface area contributed by atoms with Crippen molar-refractivity contribution in [3.8, 4) is 0 Å². The Morgan fingerprint density at radius 2 is 0.884 bits per heavy atom. The highest BCUT2D eigenvalue weighted by Crippen LogP contribution is 2.21. The molecule has 0 saturated heterocycles. The molecule has 2 aliphatic rings. The van der Waals surface area contributed by atoms with Crippen LogP contribution in [0.1, 0.15) is 90.4 Å². The molecule has 0 atom stereocenters. The second-order valence-electron chi connectivity index (χ2n) is 10.9. The van der Waals surface area contributed by atoms with E-state index in [4.69, 9.17) is 0 Å². The predicted molar refractivity (Wildman–Crippen MR) is 189 cm³/mol. The Hall–Kier alpha value is -2.27. The first kappa shape index (κ1) is 45.2. The summed E-state index contributed by atoms with van der Waals surface area (Å²) in [4.78, 5) is 35.6. The highest BCUT2D eigenvalue weighted by atomic mass is 35.5. The first-order valence-corrected chi connectivity index (χ1v) is 15.9. The van der Waals surface area contributed by atoms with Crippen molar-refractivity contribution in [3.05, 3.63) is 0 Å². The molecule has 10 nitrogen and oxygen atoms in total. The topological polar surface area (TPSA) is 105 Å². The summed E-state index contributed by atoms with van der Waals surface area (Å²) < 4.78 is 0. The first-order valence-electron chi connectivity index (χ1n) is 15.9. The average Bonchev–Trinajstić information content (AvgIpc) is 2.99. The van der Waals surface area contributed by atoms with E-state index >= 15 is 0 Å². The van der Waals surface area contributed by atoms with Crippen molar-refractivity contribution in [2.24, 2.45) is 39.9 Å². The van der Waals surface area contributed by atoms with Crippen molar-refractivity contribution in [1.29, 1.82) is 0 Å². The van der Waals surface area contributed by atoms with Gasteiger partial charge in [-0.2, -0.15) is 0 Å². The molecule has 0 aromatic carbocycles. The molecule has 0 unspecified atom stereocenters. The van der Waals surface area contributed by atoms with Gasteiger partial charge in [0.2, 0.25) is 0 Å². The Balaban J connectivity index is -0.000000513. The lowest BCUT2D eigenvalue weighted by atomic mass is 9.96. The van der Waals surface area contributed by atoms with Crippen LogP contribution in [0.2, 0.25) is 0 Å². The summed E-state index contributed by atoms with van der Waals surface area (Å²) in [7, 11) is 13.2. The van der Waals surface area contributed by atoms with E-state index in [1.807, 2.05) is 0 Å². The molecule has 0 heterocycles. The third kappa shape index (κ3) is 39.7. The second kappa shape index (κ2) is 37.8. The maximum atomic E-state index is 4.46. The minimum Gasteiger partial charge on any atom is -0.309 e. The highest BCUT2D eigenvalue weighted by molar-refractivity contribution is 5.85. The maximum Gasteiger partial charge on any atom is 0.0898 e. The lowest BCUT2D eigenvalue weighted by molar-refractivity contribution is 0.403. The number of halogens is 1. The largest absolute Gasteiger partial charge is 0.309 e. The molecule has 0 N–H and O–H groups in total. The molecule has 11 heteroatoms. The zero-order valence-corrected chi connectivity index (χ0v) is 29.6. The first-order chi connectivity index (χ1) is 20.4. The van der Waals surface area contributed by atoms with Gasteiger partial charge >= 0.3 is 0 Å². The molecule has 0 aliphatic heterocycles. The number of hydrogen-bond donors (Lipinski definition) is 0. The molecule has 0 aromatic heterocycles. The van der Waals surface area contributed by atoms with E-state index in [2.05, 4.69) is 109 Å². The Labute approximate surface area is 270 Å². The van der Waals surface area contributed by atoms with Gasteiger partial charge in [0, 0.05) is 27.7 Å². The molecule has 0 amide bonds. The molecule has 43 heavy (non-hydrogen) atoms. The van der Waals surface area contributed by atoms with Crippen LogP contribution in [-0.2, 0) is 0 Å². The average molecular weight is 623 g/mol. The van der Waals surface area contributed by atoms with Gasteiger partial charge in [0.15, 0.2) is 0 Å². The molecule has 2 rings (SSSR count). The third-order valence-electron chi connectivity index (χ3n) is 6.23. The van der Waals surface area contributed by atoms with E-state index in [1.165, 1.54) is 64.2 Å². The highest BCUT2D eigenvalue weighted by Gasteiger charge is 2.12. The van der Waals surface area contributed by atoms with Crippen LogP contribution >= 0.6 is 12.4 Å². The maximum absolute atomic E-state index is 4.46. The molecule has 2 fully saturated rings. The van der Waals surface area contributed by atoms with Crippen molar-refractivity contribution < 1.29 is 0 Å². The summed E-state index contributed by atoms with van der Waals surface area (Å²) in [6.45, 7) is 6.73. The van der Waals surface area contributed by atoms with Gasteiger partial charge in [-0.3, -0.25) is 0 Å². The van der Waals surface area contributed by atoms with Gasteiger partial charge < -0.3 is 9.80 Å². The summed E-state index contributed by atoms with van der Waals surface area (Å²) in [5.74, 6) is 0. The second-order valence-corrected chi connectivity index (χ2v) is 10.9. The van der Waals surface area contributed by atoms with Gasteiger partial charge in [-0.15, -0.1) is 12.4 Å². The molecule has 0 spiro atoms. The lowest BCUT2D eigenvalue weighted by Gasteiger charge is -2.17. The van der Waals surface area contributed by atoms with Crippen LogP contribution in [0.5, 0.6) is 0 Å². The summed E-state index contributed by atoms with van der Waals surface area (Å²) in [5.41, 5.74) is 0. The fourth-order valence-electron chi connectivity index (χ4n) is 4.02. The molecular formula is C32H63ClN10. The third-order valence-corrected chi connectivity index (χ3v) is 6.23. The molecule has 0 bridgehead atoms. The van der Waals surface area contributed by atoms with Crippen molar-refractivity contribution in [2.45, 2.75) is 102 Å². The number of rotatable bonds is 12. The molecular weight excluding hydrogens is 560 g/mol. The fourth-order valence-corrected chi connectivity index (χ4v) is 4.02. The minimum absolute atomic E-state index is 0. The monoisotopic (exact) mass is 622 g/mol. The van der Waals surface area contributed by atoms with E-state index in [0.717, 1.165) is 52.0 Å². The van der Waals surface area contributed by atoms with Gasteiger partial charge in [-0.25, -0.2) is 39.9 Å². The molecule has 0 aromatic rings. The fraction of sp³-hybridized carbons (Fsp3) is 0.875. The Bertz CT molecular complexity index is 780. The van der Waals surface area contributed by atoms with Crippen LogP contribution in [0, 0.1) is 0 Å². The van der Waals surface area contributed by atoms with Crippen LogP contribution in [0.4, 0.5) is 0 Å². The van der Waals surface area contributed by atoms with Crippen molar-refractivity contribution in [2.75, 3.05) is 82.1 Å². The van der Waals surface area contributed by atoms with Crippen molar-refractivity contribution in [1.82, 2.24) is 9.80 Å². The summed E-state index contributed by atoms with van der Waals surface area (Å²) in [6, 6.07) is 11.6. The Morgan fingerprint density at radius 1 is 0.535 bits per heavy atom. The van der Waals surface area contributed by atoms with Crippen LogP contribution < -0.4 is 0 Å². The van der Waals surface area contributed by atoms with Gasteiger partial charge in [-0.1, -0.05) is 45.4 Å². The van der Waals surface area contributed by atoms with Crippen LogP contribution in [0.15, 0.2) is 39.9 Å². The summed E-state index contributed by atoms with van der Waals surface area (Å²) in [6.07, 6.45) is 16.4. The number of hydrogen-bond acceptors (Lipinski definition) is 10. The van der Waals surface area contributed by atoms with E-state index in [9.17, 15) is 0 Å². The van der Waals surface area contributed by atoms with Gasteiger partial charge in [0.25, 0.3) is 0 Å². The lowest BCUT2D eigenvalue weighted by Crippen LogP contribution is -2.13. The Kier molecular flexibility index (Phi) is 39.7. The SMILES string of the molecule is C(=NC1CCCCC1)=NC1CCCCC1.CCCN=C=NC.CN=C=NCCCN(C)C.CN=C=NCCCN(C)C.Cl. The summed E-state index contributed by atoms with van der Waals surface area (Å²) >= 11 is 0. The van der Waals surface area contributed by atoms with Crippen LogP contribution in [0.3, 0.4) is 0 Å². The molecule has 0 radical (unpaired) electrons. The van der Waals surface area contributed by atoms with Gasteiger partial charge in [0.05, 0.1) is 49.2 Å². The summed E-state index contributed by atoms with van der Waals surface area (Å²) in [5, 5.41) is 0. The van der Waals surface area contributed by atoms with E-state index in [0.29, 0.717) is 12.1 Å². The smallest absolute Gasteiger partial charge is 0.0898 e. The Morgan fingerprint density at radius 3 is 1.19 bits per heavy atom. The standard InChI is InChI=1S/C13H22N2.2C7H15N3.C5H10N2.ClH/c1-3-7-12(8-4-1)14-11-15-13-9-5-2-6-10-13;2*1-8-7-9-5-4-6-10(2)3;1-3-4-7-5-6-2;/h12-13H,1-10H2;2*4-6H2,1-3H3;3-4H2,1-2H3;1H. The normalized spacial score (nSPS) is 14.0. The van der Waals surface area contributed by atoms with Crippen molar-refractivity contribution >= 4 is 36.4 Å². The quantitative estimate of drug-likeness (QED) is 0.174. The van der Waals surface area contributed by atoms with Crippen LogP contribution in [0.25, 0.3) is 0 Å². The van der Waals surface area contributed by atoms with Crippen molar-refractivity contribution in [3.63, 3.8) is 0 Å². The van der Waals surface area contributed by atoms with E-state index in [-0.39, 0.29) is 12.4 Å². The predicted octanol–water partition coefficient (Wildman–Crippen LogP) is 6.93. The molecule has 2 aliphatic carbocycles. The van der Waals surface area contributed by atoms with Gasteiger partial charge in [0.1, 0.15) is 0 Å². The molecule has 248 valence electrons. The van der Waals surface area contributed by atoms with Crippen LogP contribution in [-0.4, -0.2) is 128 Å². The number of nitrogens with zero attached hydrogens (tertiary/aromatic N) is 10. The molecule has 2 saturated carbocycles. The zero-order chi connectivity index (χ0) is 31.5. The van der Waals surface area contributed by atoms with Gasteiger partial charge in [-0.05, 0) is 86.2 Å². The minimum atomic E-state index is 0. The van der Waals surface area contributed by atoms with E-state index in [1.54, 1.807) is 21.1 Å². The zero-order valence-electron chi connectivity index (χ0n) is 28.8.